The van der Waals surface area contributed by atoms with Crippen LogP contribution in [0.4, 0.5) is 0 Å². The van der Waals surface area contributed by atoms with E-state index >= 15 is 0 Å². The molecule has 0 aromatic heterocycles. The average Bonchev–Trinajstić information content (AvgIpc) is 2.02. The number of hydrogen-bond acceptors (Lipinski definition) is 5. The molecule has 0 fully saturated rings. The molecule has 0 bridgehead atoms. The van der Waals surface area contributed by atoms with Gasteiger partial charge in [0.05, 0.1) is 6.61 Å². The predicted octanol–water partition coefficient (Wildman–Crippen LogP) is 2.06. The monoisotopic (exact) mass is 237 g/mol. The molecule has 3 nitrogen and oxygen atoms in total. The van der Waals surface area contributed by atoms with Gasteiger partial charge in [0.25, 0.3) is 0 Å². The topological polar surface area (TPSA) is 52.3 Å². The first-order valence-electron chi connectivity index (χ1n) is 4.59. The van der Waals surface area contributed by atoms with Crippen LogP contribution in [0.5, 0.6) is 0 Å². The van der Waals surface area contributed by atoms with Crippen LogP contribution in [0.1, 0.15) is 27.7 Å². The van der Waals surface area contributed by atoms with Crippen LogP contribution < -0.4 is 5.73 Å². The molecule has 84 valence electrons. The van der Waals surface area contributed by atoms with E-state index in [4.69, 9.17) is 10.5 Å². The zero-order valence-electron chi connectivity index (χ0n) is 9.20. The Labute approximate surface area is 93.9 Å². The molecule has 0 saturated heterocycles. The molecule has 0 amide bonds. The quantitative estimate of drug-likeness (QED) is 0.586. The van der Waals surface area contributed by atoms with Crippen LogP contribution in [0, 0.1) is 0 Å². The van der Waals surface area contributed by atoms with Gasteiger partial charge in [-0.25, -0.2) is 0 Å². The molecule has 0 saturated carbocycles. The summed E-state index contributed by atoms with van der Waals surface area (Å²) in [5.41, 5.74) is 5.62. The highest BCUT2D eigenvalue weighted by Crippen LogP contribution is 2.35. The van der Waals surface area contributed by atoms with Crippen LogP contribution in [-0.2, 0) is 9.53 Å². The lowest BCUT2D eigenvalue weighted by Gasteiger charge is -2.17. The third kappa shape index (κ3) is 7.53. The molecule has 0 aliphatic heterocycles. The number of carbonyl (C=O) groups is 1. The summed E-state index contributed by atoms with van der Waals surface area (Å²) in [5.74, 6) is 0.287. The lowest BCUT2D eigenvalue weighted by molar-refractivity contribution is -0.144. The van der Waals surface area contributed by atoms with E-state index in [9.17, 15) is 4.79 Å². The van der Waals surface area contributed by atoms with E-state index in [1.165, 1.54) is 0 Å². The van der Waals surface area contributed by atoms with Crippen LogP contribution in [0.2, 0.25) is 0 Å². The molecule has 0 spiro atoms. The molecule has 0 aromatic carbocycles. The third-order valence-corrected chi connectivity index (χ3v) is 4.52. The summed E-state index contributed by atoms with van der Waals surface area (Å²) in [5, 5.41) is 0. The van der Waals surface area contributed by atoms with Crippen LogP contribution in [0.15, 0.2) is 0 Å². The summed E-state index contributed by atoms with van der Waals surface area (Å²) in [6.07, 6.45) is 0. The van der Waals surface area contributed by atoms with E-state index in [0.717, 1.165) is 0 Å². The van der Waals surface area contributed by atoms with Crippen molar-refractivity contribution in [2.24, 2.45) is 5.73 Å². The second-order valence-corrected chi connectivity index (χ2v) is 7.01. The highest BCUT2D eigenvalue weighted by molar-refractivity contribution is 8.77. The Hall–Kier alpha value is 0.130. The number of esters is 1. The highest BCUT2D eigenvalue weighted by Gasteiger charge is 2.17. The number of nitrogens with two attached hydrogens (primary N) is 1. The van der Waals surface area contributed by atoms with Gasteiger partial charge in [-0.1, -0.05) is 42.4 Å². The van der Waals surface area contributed by atoms with Gasteiger partial charge in [-0.3, -0.25) is 4.79 Å². The number of ether oxygens (including phenoxy) is 1. The van der Waals surface area contributed by atoms with Crippen LogP contribution in [-0.4, -0.2) is 29.1 Å². The molecular weight excluding hydrogens is 218 g/mol. The molecule has 0 aromatic rings. The van der Waals surface area contributed by atoms with Gasteiger partial charge in [-0.15, -0.1) is 0 Å². The van der Waals surface area contributed by atoms with Crippen molar-refractivity contribution in [3.05, 3.63) is 0 Å². The van der Waals surface area contributed by atoms with E-state index in [-0.39, 0.29) is 10.7 Å². The average molecular weight is 237 g/mol. The summed E-state index contributed by atoms with van der Waals surface area (Å²) in [6.45, 7) is 8.55. The minimum absolute atomic E-state index is 0.193. The Bertz CT molecular complexity index is 180. The summed E-state index contributed by atoms with van der Waals surface area (Å²) in [6, 6.07) is -0.505. The SMILES string of the molecule is CCOC(=O)[C@@H](N)CSSC(C)(C)C. The first-order chi connectivity index (χ1) is 6.37. The fourth-order valence-corrected chi connectivity index (χ4v) is 3.01. The number of hydrogen-bond donors (Lipinski definition) is 1. The number of rotatable bonds is 5. The Morgan fingerprint density at radius 2 is 2.07 bits per heavy atom. The minimum atomic E-state index is -0.505. The Kier molecular flexibility index (Phi) is 6.64. The predicted molar refractivity (Wildman–Crippen MR) is 64.4 cm³/mol. The van der Waals surface area contributed by atoms with Crippen molar-refractivity contribution in [3.63, 3.8) is 0 Å². The lowest BCUT2D eigenvalue weighted by atomic mass is 10.3. The lowest BCUT2D eigenvalue weighted by Crippen LogP contribution is -2.34. The first-order valence-corrected chi connectivity index (χ1v) is 6.91. The van der Waals surface area contributed by atoms with Gasteiger partial charge in [-0.2, -0.15) is 0 Å². The van der Waals surface area contributed by atoms with E-state index in [1.807, 2.05) is 0 Å². The van der Waals surface area contributed by atoms with Gasteiger partial charge in [-0.05, 0) is 6.92 Å². The smallest absolute Gasteiger partial charge is 0.323 e. The normalized spacial score (nSPS) is 13.8. The maximum atomic E-state index is 11.1. The van der Waals surface area contributed by atoms with Gasteiger partial charge in [0.2, 0.25) is 0 Å². The second-order valence-electron chi connectivity index (χ2n) is 3.84. The van der Waals surface area contributed by atoms with Gasteiger partial charge in [0.1, 0.15) is 6.04 Å². The molecule has 0 unspecified atom stereocenters. The van der Waals surface area contributed by atoms with Crippen molar-refractivity contribution in [2.75, 3.05) is 12.4 Å². The highest BCUT2D eigenvalue weighted by atomic mass is 33.1. The number of carbonyl (C=O) groups excluding carboxylic acids is 1. The zero-order chi connectivity index (χ0) is 11.2. The van der Waals surface area contributed by atoms with Gasteiger partial charge >= 0.3 is 5.97 Å². The third-order valence-electron chi connectivity index (χ3n) is 1.15. The Morgan fingerprint density at radius 1 is 1.50 bits per heavy atom. The van der Waals surface area contributed by atoms with E-state index in [2.05, 4.69) is 20.8 Å². The minimum Gasteiger partial charge on any atom is -0.465 e. The van der Waals surface area contributed by atoms with Gasteiger partial charge < -0.3 is 10.5 Å². The molecule has 0 rings (SSSR count). The van der Waals surface area contributed by atoms with Crippen molar-refractivity contribution < 1.29 is 9.53 Å². The largest absolute Gasteiger partial charge is 0.465 e. The summed E-state index contributed by atoms with van der Waals surface area (Å²) in [7, 11) is 3.34. The second kappa shape index (κ2) is 6.58. The van der Waals surface area contributed by atoms with Crippen molar-refractivity contribution >= 4 is 27.6 Å². The van der Waals surface area contributed by atoms with Crippen LogP contribution in [0.3, 0.4) is 0 Å². The van der Waals surface area contributed by atoms with Crippen molar-refractivity contribution in [2.45, 2.75) is 38.5 Å². The van der Waals surface area contributed by atoms with Crippen LogP contribution in [0.25, 0.3) is 0 Å². The van der Waals surface area contributed by atoms with Crippen molar-refractivity contribution in [1.29, 1.82) is 0 Å². The standard InChI is InChI=1S/C9H19NO2S2/c1-5-12-8(11)7(10)6-13-14-9(2,3)4/h7H,5-6,10H2,1-4H3/t7-/m0/s1. The molecule has 0 aliphatic rings. The summed E-state index contributed by atoms with van der Waals surface area (Å²) < 4.78 is 4.99. The molecule has 1 atom stereocenters. The molecule has 5 heteroatoms. The van der Waals surface area contributed by atoms with E-state index in [1.54, 1.807) is 28.5 Å². The summed E-state index contributed by atoms with van der Waals surface area (Å²) >= 11 is 0. The van der Waals surface area contributed by atoms with Gasteiger partial charge in [0.15, 0.2) is 0 Å². The first kappa shape index (κ1) is 14.1. The molecule has 2 N–H and O–H groups in total. The van der Waals surface area contributed by atoms with Crippen LogP contribution >= 0.6 is 21.6 Å². The van der Waals surface area contributed by atoms with E-state index < -0.39 is 6.04 Å². The van der Waals surface area contributed by atoms with E-state index in [0.29, 0.717) is 12.4 Å². The molecule has 0 heterocycles. The molecule has 0 radical (unpaired) electrons. The zero-order valence-corrected chi connectivity index (χ0v) is 10.8. The van der Waals surface area contributed by atoms with Gasteiger partial charge in [0, 0.05) is 10.5 Å². The summed E-state index contributed by atoms with van der Waals surface area (Å²) in [4.78, 5) is 11.1. The fourth-order valence-electron chi connectivity index (χ4n) is 0.601. The molecule has 0 aliphatic carbocycles. The maximum Gasteiger partial charge on any atom is 0.323 e. The maximum absolute atomic E-state index is 11.1. The molecular formula is C9H19NO2S2. The Balaban J connectivity index is 3.63. The molecule has 14 heavy (non-hydrogen) atoms. The Morgan fingerprint density at radius 3 is 2.50 bits per heavy atom. The van der Waals surface area contributed by atoms with Crippen molar-refractivity contribution in [1.82, 2.24) is 0 Å². The van der Waals surface area contributed by atoms with Crippen molar-refractivity contribution in [3.8, 4) is 0 Å². The fraction of sp³-hybridized carbons (Fsp3) is 0.889.